The number of aromatic amines is 1. The van der Waals surface area contributed by atoms with Crippen LogP contribution in [0.3, 0.4) is 0 Å². The van der Waals surface area contributed by atoms with Crippen molar-refractivity contribution in [1.29, 1.82) is 0 Å². The van der Waals surface area contributed by atoms with E-state index < -0.39 is 5.60 Å². The largest absolute Gasteiger partial charge is 0.388 e. The van der Waals surface area contributed by atoms with Gasteiger partial charge in [-0.1, -0.05) is 43.5 Å². The first kappa shape index (κ1) is 15.3. The summed E-state index contributed by atoms with van der Waals surface area (Å²) >= 11 is 11.5. The number of H-pyrrole nitrogens is 1. The third kappa shape index (κ3) is 3.64. The molecule has 0 aliphatic rings. The van der Waals surface area contributed by atoms with Gasteiger partial charge in [-0.25, -0.2) is 0 Å². The smallest absolute Gasteiger partial charge is 0.267 e. The Morgan fingerprint density at radius 2 is 2.22 bits per heavy atom. The molecule has 1 heterocycles. The van der Waals surface area contributed by atoms with E-state index in [1.54, 1.807) is 6.92 Å². The van der Waals surface area contributed by atoms with Crippen LogP contribution in [-0.2, 0) is 0 Å². The van der Waals surface area contributed by atoms with E-state index in [1.807, 2.05) is 13.8 Å². The molecular weight excluding hydrogens is 275 g/mol. The highest BCUT2D eigenvalue weighted by atomic mass is 35.5. The monoisotopic (exact) mass is 292 g/mol. The summed E-state index contributed by atoms with van der Waals surface area (Å²) in [5, 5.41) is 13.4. The van der Waals surface area contributed by atoms with E-state index in [9.17, 15) is 9.90 Å². The van der Waals surface area contributed by atoms with Crippen LogP contribution in [0, 0.1) is 5.92 Å². The molecule has 0 saturated carbocycles. The maximum Gasteiger partial charge on any atom is 0.267 e. The molecule has 2 atom stereocenters. The van der Waals surface area contributed by atoms with Crippen LogP contribution in [-0.4, -0.2) is 28.1 Å². The second kappa shape index (κ2) is 5.95. The van der Waals surface area contributed by atoms with Crippen molar-refractivity contribution >= 4 is 29.1 Å². The van der Waals surface area contributed by atoms with Crippen molar-refractivity contribution in [2.24, 2.45) is 5.92 Å². The van der Waals surface area contributed by atoms with Gasteiger partial charge in [-0.15, -0.1) is 0 Å². The van der Waals surface area contributed by atoms with Gasteiger partial charge in [-0.3, -0.25) is 4.79 Å². The van der Waals surface area contributed by atoms with E-state index in [0.29, 0.717) is 5.02 Å². The van der Waals surface area contributed by atoms with Crippen LogP contribution in [0.15, 0.2) is 6.07 Å². The van der Waals surface area contributed by atoms with Crippen LogP contribution in [0.5, 0.6) is 0 Å². The third-order valence-electron chi connectivity index (χ3n) is 3.25. The summed E-state index contributed by atoms with van der Waals surface area (Å²) in [4.78, 5) is 14.5. The summed E-state index contributed by atoms with van der Waals surface area (Å²) in [5.41, 5.74) is -0.658. The van der Waals surface area contributed by atoms with E-state index in [0.717, 1.165) is 6.42 Å². The maximum absolute atomic E-state index is 11.8. The molecule has 0 aromatic carbocycles. The fourth-order valence-electron chi connectivity index (χ4n) is 1.49. The highest BCUT2D eigenvalue weighted by Crippen LogP contribution is 2.22. The van der Waals surface area contributed by atoms with E-state index in [1.165, 1.54) is 6.07 Å². The molecule has 1 amide bonds. The van der Waals surface area contributed by atoms with Crippen LogP contribution in [0.2, 0.25) is 10.2 Å². The lowest BCUT2D eigenvalue weighted by Crippen LogP contribution is -2.45. The molecule has 1 aromatic heterocycles. The Morgan fingerprint density at radius 3 is 2.67 bits per heavy atom. The Balaban J connectivity index is 2.61. The van der Waals surface area contributed by atoms with Crippen molar-refractivity contribution in [3.63, 3.8) is 0 Å². The van der Waals surface area contributed by atoms with E-state index in [-0.39, 0.29) is 29.2 Å². The van der Waals surface area contributed by atoms with Gasteiger partial charge in [-0.2, -0.15) is 0 Å². The average Bonchev–Trinajstić information content (AvgIpc) is 2.65. The molecule has 1 aromatic rings. The topological polar surface area (TPSA) is 65.1 Å². The minimum absolute atomic E-state index is 0.0913. The quantitative estimate of drug-likeness (QED) is 0.781. The van der Waals surface area contributed by atoms with Gasteiger partial charge in [0.15, 0.2) is 0 Å². The summed E-state index contributed by atoms with van der Waals surface area (Å²) in [6.45, 7) is 5.81. The zero-order chi connectivity index (χ0) is 13.9. The molecule has 0 aliphatic carbocycles. The fourth-order valence-corrected chi connectivity index (χ4v) is 1.81. The molecule has 3 N–H and O–H groups in total. The summed E-state index contributed by atoms with van der Waals surface area (Å²) in [6.07, 6.45) is 0.836. The molecule has 1 rings (SSSR count). The second-order valence-electron chi connectivity index (χ2n) is 4.69. The van der Waals surface area contributed by atoms with Crippen molar-refractivity contribution < 1.29 is 9.90 Å². The fraction of sp³-hybridized carbons (Fsp3) is 0.583. The number of halogens is 2. The van der Waals surface area contributed by atoms with Crippen molar-refractivity contribution in [2.75, 3.05) is 6.54 Å². The van der Waals surface area contributed by atoms with Gasteiger partial charge in [0.05, 0.1) is 10.6 Å². The van der Waals surface area contributed by atoms with Crippen LogP contribution >= 0.6 is 23.2 Å². The Morgan fingerprint density at radius 1 is 1.61 bits per heavy atom. The molecule has 0 spiro atoms. The number of nitrogens with one attached hydrogen (secondary N) is 2. The minimum atomic E-state index is -0.940. The number of hydrogen-bond donors (Lipinski definition) is 3. The van der Waals surface area contributed by atoms with E-state index in [4.69, 9.17) is 23.2 Å². The number of rotatable bonds is 5. The highest BCUT2D eigenvalue weighted by molar-refractivity contribution is 6.41. The van der Waals surface area contributed by atoms with E-state index in [2.05, 4.69) is 10.3 Å². The lowest BCUT2D eigenvalue weighted by atomic mass is 9.88. The molecule has 2 unspecified atom stereocenters. The average molecular weight is 293 g/mol. The number of amides is 1. The Kier molecular flexibility index (Phi) is 5.08. The Hall–Kier alpha value is -0.710. The minimum Gasteiger partial charge on any atom is -0.388 e. The van der Waals surface area contributed by atoms with Crippen LogP contribution in [0.4, 0.5) is 0 Å². The summed E-state index contributed by atoms with van der Waals surface area (Å²) in [7, 11) is 0. The SMILES string of the molecule is CCC(C)C(C)(O)CNC(=O)c1cc(Cl)c(Cl)[nH]1. The number of hydrogen-bond acceptors (Lipinski definition) is 2. The van der Waals surface area contributed by atoms with Gasteiger partial charge < -0.3 is 15.4 Å². The summed E-state index contributed by atoms with van der Waals surface area (Å²) in [6, 6.07) is 1.46. The van der Waals surface area contributed by atoms with Crippen LogP contribution < -0.4 is 5.32 Å². The zero-order valence-corrected chi connectivity index (χ0v) is 12.2. The van der Waals surface area contributed by atoms with Crippen molar-refractivity contribution in [3.05, 3.63) is 21.9 Å². The van der Waals surface area contributed by atoms with Gasteiger partial charge >= 0.3 is 0 Å². The predicted octanol–water partition coefficient (Wildman–Crippen LogP) is 2.85. The lowest BCUT2D eigenvalue weighted by molar-refractivity contribution is 0.00589. The van der Waals surface area contributed by atoms with Gasteiger partial charge in [0.1, 0.15) is 10.8 Å². The standard InChI is InChI=1S/C12H18Cl2N2O2/c1-4-7(2)12(3,18)6-15-11(17)9-5-8(13)10(14)16-9/h5,7,16,18H,4,6H2,1-3H3,(H,15,17). The number of carbonyl (C=O) groups excluding carboxylic acids is 1. The molecule has 18 heavy (non-hydrogen) atoms. The molecule has 0 aliphatic heterocycles. The Bertz CT molecular complexity index is 410. The molecule has 6 heteroatoms. The van der Waals surface area contributed by atoms with Gasteiger partial charge in [0.25, 0.3) is 5.91 Å². The zero-order valence-electron chi connectivity index (χ0n) is 10.7. The summed E-state index contributed by atoms with van der Waals surface area (Å²) < 4.78 is 0. The molecular formula is C12H18Cl2N2O2. The van der Waals surface area contributed by atoms with Gasteiger partial charge in [0.2, 0.25) is 0 Å². The van der Waals surface area contributed by atoms with E-state index >= 15 is 0 Å². The number of carbonyl (C=O) groups is 1. The highest BCUT2D eigenvalue weighted by Gasteiger charge is 2.27. The van der Waals surface area contributed by atoms with Crippen LogP contribution in [0.1, 0.15) is 37.7 Å². The predicted molar refractivity (Wildman–Crippen MR) is 73.2 cm³/mol. The molecule has 0 saturated heterocycles. The number of aromatic nitrogens is 1. The van der Waals surface area contributed by atoms with Crippen molar-refractivity contribution in [2.45, 2.75) is 32.8 Å². The van der Waals surface area contributed by atoms with Gasteiger partial charge in [0, 0.05) is 6.54 Å². The third-order valence-corrected chi connectivity index (χ3v) is 3.94. The lowest BCUT2D eigenvalue weighted by Gasteiger charge is -2.29. The van der Waals surface area contributed by atoms with Gasteiger partial charge in [-0.05, 0) is 18.9 Å². The first-order valence-corrected chi connectivity index (χ1v) is 6.58. The molecule has 0 radical (unpaired) electrons. The maximum atomic E-state index is 11.8. The number of aliphatic hydroxyl groups is 1. The molecule has 4 nitrogen and oxygen atoms in total. The normalized spacial score (nSPS) is 16.1. The second-order valence-corrected chi connectivity index (χ2v) is 5.48. The molecule has 102 valence electrons. The van der Waals surface area contributed by atoms with Crippen LogP contribution in [0.25, 0.3) is 0 Å². The Labute approximate surface area is 117 Å². The van der Waals surface area contributed by atoms with Crippen molar-refractivity contribution in [3.8, 4) is 0 Å². The van der Waals surface area contributed by atoms with Crippen molar-refractivity contribution in [1.82, 2.24) is 10.3 Å². The first-order valence-electron chi connectivity index (χ1n) is 5.82. The first-order chi connectivity index (χ1) is 8.27. The molecule has 0 bridgehead atoms. The molecule has 0 fully saturated rings. The summed E-state index contributed by atoms with van der Waals surface area (Å²) in [5.74, 6) is -0.249.